The number of likely N-dealkylation sites (tertiary alicyclic amines) is 1. The van der Waals surface area contributed by atoms with Crippen molar-refractivity contribution in [3.05, 3.63) is 17.7 Å². The van der Waals surface area contributed by atoms with Crippen LogP contribution in [0, 0.1) is 12.8 Å². The third kappa shape index (κ3) is 4.22. The SMILES string of the molecule is CCCNC(=O)N1CCC(Cc2ncc(C)n2CCOC)C1. The maximum absolute atomic E-state index is 12.0. The number of nitrogens with one attached hydrogen (secondary N) is 1. The highest BCUT2D eigenvalue weighted by Gasteiger charge is 2.27. The quantitative estimate of drug-likeness (QED) is 0.836. The van der Waals surface area contributed by atoms with Crippen LogP contribution >= 0.6 is 0 Å². The van der Waals surface area contributed by atoms with Gasteiger partial charge in [-0.1, -0.05) is 6.92 Å². The molecule has 2 rings (SSSR count). The van der Waals surface area contributed by atoms with E-state index in [1.165, 1.54) is 5.69 Å². The minimum Gasteiger partial charge on any atom is -0.383 e. The van der Waals surface area contributed by atoms with E-state index in [4.69, 9.17) is 4.74 Å². The smallest absolute Gasteiger partial charge is 0.317 e. The molecule has 1 unspecified atom stereocenters. The molecule has 2 heterocycles. The fourth-order valence-electron chi connectivity index (χ4n) is 2.95. The normalized spacial score (nSPS) is 18.0. The lowest BCUT2D eigenvalue weighted by Gasteiger charge is -2.17. The van der Waals surface area contributed by atoms with Crippen LogP contribution in [0.2, 0.25) is 0 Å². The molecule has 0 bridgehead atoms. The highest BCUT2D eigenvalue weighted by molar-refractivity contribution is 5.74. The average Bonchev–Trinajstić information content (AvgIpc) is 3.11. The topological polar surface area (TPSA) is 59.4 Å². The highest BCUT2D eigenvalue weighted by Crippen LogP contribution is 2.21. The fraction of sp³-hybridized carbons (Fsp3) is 0.750. The molecule has 0 radical (unpaired) electrons. The number of rotatable bonds is 7. The van der Waals surface area contributed by atoms with Gasteiger partial charge in [-0.15, -0.1) is 0 Å². The lowest BCUT2D eigenvalue weighted by Crippen LogP contribution is -2.38. The van der Waals surface area contributed by atoms with Crippen molar-refractivity contribution in [2.75, 3.05) is 33.4 Å². The number of hydrogen-bond acceptors (Lipinski definition) is 3. The van der Waals surface area contributed by atoms with Gasteiger partial charge in [0.25, 0.3) is 0 Å². The minimum absolute atomic E-state index is 0.0725. The first-order chi connectivity index (χ1) is 10.7. The van der Waals surface area contributed by atoms with Crippen molar-refractivity contribution in [1.29, 1.82) is 0 Å². The monoisotopic (exact) mass is 308 g/mol. The van der Waals surface area contributed by atoms with Gasteiger partial charge in [-0.25, -0.2) is 9.78 Å². The van der Waals surface area contributed by atoms with Crippen LogP contribution in [0.5, 0.6) is 0 Å². The van der Waals surface area contributed by atoms with Crippen molar-refractivity contribution in [1.82, 2.24) is 19.8 Å². The summed E-state index contributed by atoms with van der Waals surface area (Å²) in [5.74, 6) is 1.60. The Morgan fingerprint density at radius 2 is 2.36 bits per heavy atom. The van der Waals surface area contributed by atoms with Gasteiger partial charge in [0.05, 0.1) is 6.61 Å². The molecule has 22 heavy (non-hydrogen) atoms. The first-order valence-electron chi connectivity index (χ1n) is 8.18. The van der Waals surface area contributed by atoms with Gasteiger partial charge in [-0.3, -0.25) is 0 Å². The van der Waals surface area contributed by atoms with Crippen LogP contribution in [-0.4, -0.2) is 53.8 Å². The molecule has 1 aliphatic heterocycles. The Kier molecular flexibility index (Phi) is 6.24. The number of ether oxygens (including phenoxy) is 1. The first-order valence-corrected chi connectivity index (χ1v) is 8.18. The van der Waals surface area contributed by atoms with Gasteiger partial charge in [-0.05, 0) is 25.7 Å². The van der Waals surface area contributed by atoms with Gasteiger partial charge >= 0.3 is 6.03 Å². The summed E-state index contributed by atoms with van der Waals surface area (Å²) in [4.78, 5) is 18.5. The van der Waals surface area contributed by atoms with E-state index in [-0.39, 0.29) is 6.03 Å². The van der Waals surface area contributed by atoms with Crippen molar-refractivity contribution < 1.29 is 9.53 Å². The van der Waals surface area contributed by atoms with Gasteiger partial charge < -0.3 is 19.5 Å². The molecule has 1 aromatic rings. The standard InChI is InChI=1S/C16H28N4O2/c1-4-6-17-16(21)19-7-5-14(12-19)10-15-18-11-13(2)20(15)8-9-22-3/h11,14H,4-10,12H2,1-3H3,(H,17,21). The minimum atomic E-state index is 0.0725. The van der Waals surface area contributed by atoms with E-state index in [1.807, 2.05) is 11.1 Å². The molecule has 2 amide bonds. The van der Waals surface area contributed by atoms with Crippen LogP contribution in [0.1, 0.15) is 31.3 Å². The Morgan fingerprint density at radius 1 is 1.55 bits per heavy atom. The van der Waals surface area contributed by atoms with E-state index in [1.54, 1.807) is 7.11 Å². The largest absolute Gasteiger partial charge is 0.383 e. The van der Waals surface area contributed by atoms with Crippen LogP contribution in [0.15, 0.2) is 6.20 Å². The van der Waals surface area contributed by atoms with Gasteiger partial charge in [0.15, 0.2) is 0 Å². The molecule has 0 saturated carbocycles. The van der Waals surface area contributed by atoms with Crippen LogP contribution in [0.4, 0.5) is 4.79 Å². The van der Waals surface area contributed by atoms with Gasteiger partial charge in [0.1, 0.15) is 5.82 Å². The molecule has 1 aromatic heterocycles. The van der Waals surface area contributed by atoms with Crippen LogP contribution < -0.4 is 5.32 Å². The van der Waals surface area contributed by atoms with E-state index in [9.17, 15) is 4.79 Å². The molecule has 0 aromatic carbocycles. The Labute approximate surface area is 132 Å². The molecule has 0 spiro atoms. The molecule has 1 atom stereocenters. The van der Waals surface area contributed by atoms with E-state index in [2.05, 4.69) is 28.7 Å². The Balaban J connectivity index is 1.89. The zero-order valence-corrected chi connectivity index (χ0v) is 14.0. The summed E-state index contributed by atoms with van der Waals surface area (Å²) in [6, 6.07) is 0.0725. The molecule has 6 heteroatoms. The number of aromatic nitrogens is 2. The van der Waals surface area contributed by atoms with Crippen molar-refractivity contribution in [3.63, 3.8) is 0 Å². The maximum atomic E-state index is 12.0. The lowest BCUT2D eigenvalue weighted by molar-refractivity contribution is 0.185. The summed E-state index contributed by atoms with van der Waals surface area (Å²) < 4.78 is 7.40. The molecular weight excluding hydrogens is 280 g/mol. The maximum Gasteiger partial charge on any atom is 0.317 e. The Morgan fingerprint density at radius 3 is 3.09 bits per heavy atom. The van der Waals surface area contributed by atoms with Crippen molar-refractivity contribution in [2.24, 2.45) is 5.92 Å². The molecule has 124 valence electrons. The molecule has 6 nitrogen and oxygen atoms in total. The number of nitrogens with zero attached hydrogens (tertiary/aromatic N) is 3. The molecule has 1 fully saturated rings. The third-order valence-electron chi connectivity index (χ3n) is 4.23. The zero-order valence-electron chi connectivity index (χ0n) is 14.0. The summed E-state index contributed by atoms with van der Waals surface area (Å²) in [6.45, 7) is 8.09. The predicted molar refractivity (Wildman–Crippen MR) is 85.9 cm³/mol. The van der Waals surface area contributed by atoms with E-state index in [0.717, 1.165) is 51.3 Å². The summed E-state index contributed by atoms with van der Waals surface area (Å²) in [5, 5.41) is 2.95. The van der Waals surface area contributed by atoms with E-state index in [0.29, 0.717) is 12.5 Å². The number of amides is 2. The second kappa shape index (κ2) is 8.17. The van der Waals surface area contributed by atoms with Crippen molar-refractivity contribution in [2.45, 2.75) is 39.7 Å². The van der Waals surface area contributed by atoms with Gasteiger partial charge in [-0.2, -0.15) is 0 Å². The summed E-state index contributed by atoms with van der Waals surface area (Å²) in [5.41, 5.74) is 1.17. The summed E-state index contributed by atoms with van der Waals surface area (Å²) in [7, 11) is 1.72. The number of carbonyl (C=O) groups excluding carboxylic acids is 1. The van der Waals surface area contributed by atoms with E-state index < -0.39 is 0 Å². The van der Waals surface area contributed by atoms with Crippen LogP contribution in [-0.2, 0) is 17.7 Å². The van der Waals surface area contributed by atoms with Gasteiger partial charge in [0.2, 0.25) is 0 Å². The molecule has 0 aliphatic carbocycles. The Bertz CT molecular complexity index is 486. The highest BCUT2D eigenvalue weighted by atomic mass is 16.5. The average molecular weight is 308 g/mol. The van der Waals surface area contributed by atoms with Crippen LogP contribution in [0.3, 0.4) is 0 Å². The summed E-state index contributed by atoms with van der Waals surface area (Å²) >= 11 is 0. The van der Waals surface area contributed by atoms with Crippen molar-refractivity contribution >= 4 is 6.03 Å². The number of carbonyl (C=O) groups is 1. The molecule has 1 saturated heterocycles. The van der Waals surface area contributed by atoms with E-state index >= 15 is 0 Å². The zero-order chi connectivity index (χ0) is 15.9. The second-order valence-electron chi connectivity index (χ2n) is 6.00. The molecule has 1 N–H and O–H groups in total. The van der Waals surface area contributed by atoms with Gasteiger partial charge in [0, 0.05) is 51.6 Å². The predicted octanol–water partition coefficient (Wildman–Crippen LogP) is 1.82. The summed E-state index contributed by atoms with van der Waals surface area (Å²) in [6.07, 6.45) is 4.87. The number of aryl methyl sites for hydroxylation is 1. The number of imidazole rings is 1. The third-order valence-corrected chi connectivity index (χ3v) is 4.23. The van der Waals surface area contributed by atoms with Crippen LogP contribution in [0.25, 0.3) is 0 Å². The molecule has 1 aliphatic rings. The number of hydrogen-bond donors (Lipinski definition) is 1. The second-order valence-corrected chi connectivity index (χ2v) is 6.00. The van der Waals surface area contributed by atoms with Crippen molar-refractivity contribution in [3.8, 4) is 0 Å². The lowest BCUT2D eigenvalue weighted by atomic mass is 10.0. The number of urea groups is 1. The fourth-order valence-corrected chi connectivity index (χ4v) is 2.95. The number of methoxy groups -OCH3 is 1. The first kappa shape index (κ1) is 16.8. The molecular formula is C16H28N4O2. The Hall–Kier alpha value is -1.56.